The highest BCUT2D eigenvalue weighted by Crippen LogP contribution is 2.19. The van der Waals surface area contributed by atoms with Crippen molar-refractivity contribution in [2.75, 3.05) is 5.32 Å². The van der Waals surface area contributed by atoms with E-state index in [0.29, 0.717) is 17.2 Å². The van der Waals surface area contributed by atoms with E-state index in [-0.39, 0.29) is 11.8 Å². The molecule has 1 aliphatic carbocycles. The molecule has 0 heterocycles. The standard InChI is InChI=1S/C21H24N2O2/c1-14-7-12-19(15(2)13-14)23-21(25)17-10-8-16(9-11-17)20(24)22-18-5-3-4-6-18/h7-13,18H,3-6H2,1-2H3,(H,22,24)(H,23,25). The van der Waals surface area contributed by atoms with Gasteiger partial charge in [0.2, 0.25) is 0 Å². The lowest BCUT2D eigenvalue weighted by atomic mass is 10.1. The van der Waals surface area contributed by atoms with Crippen molar-refractivity contribution >= 4 is 17.5 Å². The summed E-state index contributed by atoms with van der Waals surface area (Å²) in [6, 6.07) is 13.0. The highest BCUT2D eigenvalue weighted by Gasteiger charge is 2.18. The maximum absolute atomic E-state index is 12.4. The quantitative estimate of drug-likeness (QED) is 0.878. The van der Waals surface area contributed by atoms with Gasteiger partial charge in [-0.15, -0.1) is 0 Å². The number of aryl methyl sites for hydroxylation is 2. The summed E-state index contributed by atoms with van der Waals surface area (Å²) in [5.41, 5.74) is 4.13. The van der Waals surface area contributed by atoms with Crippen LogP contribution < -0.4 is 10.6 Å². The van der Waals surface area contributed by atoms with Gasteiger partial charge >= 0.3 is 0 Å². The van der Waals surface area contributed by atoms with Crippen LogP contribution in [0.3, 0.4) is 0 Å². The maximum atomic E-state index is 12.4. The summed E-state index contributed by atoms with van der Waals surface area (Å²) in [7, 11) is 0. The predicted octanol–water partition coefficient (Wildman–Crippen LogP) is 4.23. The van der Waals surface area contributed by atoms with Crippen molar-refractivity contribution in [3.63, 3.8) is 0 Å². The third kappa shape index (κ3) is 4.27. The summed E-state index contributed by atoms with van der Waals surface area (Å²) in [6.45, 7) is 3.99. The molecule has 2 N–H and O–H groups in total. The number of hydrogen-bond acceptors (Lipinski definition) is 2. The molecule has 0 aromatic heterocycles. The van der Waals surface area contributed by atoms with Crippen LogP contribution in [0.15, 0.2) is 42.5 Å². The zero-order valence-corrected chi connectivity index (χ0v) is 14.8. The van der Waals surface area contributed by atoms with Gasteiger partial charge < -0.3 is 10.6 Å². The first-order valence-electron chi connectivity index (χ1n) is 8.82. The molecule has 0 radical (unpaired) electrons. The monoisotopic (exact) mass is 336 g/mol. The molecule has 1 saturated carbocycles. The van der Waals surface area contributed by atoms with E-state index in [1.165, 1.54) is 12.8 Å². The molecule has 0 saturated heterocycles. The second kappa shape index (κ2) is 7.51. The van der Waals surface area contributed by atoms with E-state index in [4.69, 9.17) is 0 Å². The number of carbonyl (C=O) groups is 2. The highest BCUT2D eigenvalue weighted by molar-refractivity contribution is 6.05. The fraction of sp³-hybridized carbons (Fsp3) is 0.333. The topological polar surface area (TPSA) is 58.2 Å². The first kappa shape index (κ1) is 17.2. The lowest BCUT2D eigenvalue weighted by Crippen LogP contribution is -2.32. The Morgan fingerprint density at radius 2 is 1.48 bits per heavy atom. The van der Waals surface area contributed by atoms with Crippen LogP contribution in [0.2, 0.25) is 0 Å². The van der Waals surface area contributed by atoms with Gasteiger partial charge in [-0.1, -0.05) is 30.5 Å². The number of anilines is 1. The molecular formula is C21H24N2O2. The molecule has 1 fully saturated rings. The highest BCUT2D eigenvalue weighted by atomic mass is 16.2. The fourth-order valence-electron chi connectivity index (χ4n) is 3.26. The van der Waals surface area contributed by atoms with Crippen LogP contribution in [-0.2, 0) is 0 Å². The van der Waals surface area contributed by atoms with Crippen LogP contribution in [0.5, 0.6) is 0 Å². The molecular weight excluding hydrogens is 312 g/mol. The van der Waals surface area contributed by atoms with Crippen molar-refractivity contribution in [2.24, 2.45) is 0 Å². The van der Waals surface area contributed by atoms with Crippen molar-refractivity contribution in [3.05, 3.63) is 64.7 Å². The largest absolute Gasteiger partial charge is 0.349 e. The molecule has 0 unspecified atom stereocenters. The van der Waals surface area contributed by atoms with E-state index in [9.17, 15) is 9.59 Å². The Morgan fingerprint density at radius 1 is 0.880 bits per heavy atom. The Kier molecular flexibility index (Phi) is 5.17. The second-order valence-corrected chi connectivity index (χ2v) is 6.80. The first-order valence-corrected chi connectivity index (χ1v) is 8.82. The Hall–Kier alpha value is -2.62. The van der Waals surface area contributed by atoms with Crippen LogP contribution in [0.4, 0.5) is 5.69 Å². The molecule has 2 aromatic carbocycles. The number of hydrogen-bond donors (Lipinski definition) is 2. The normalized spacial score (nSPS) is 14.3. The fourth-order valence-corrected chi connectivity index (χ4v) is 3.26. The zero-order chi connectivity index (χ0) is 17.8. The van der Waals surface area contributed by atoms with Gasteiger partial charge in [0.05, 0.1) is 0 Å². The van der Waals surface area contributed by atoms with E-state index < -0.39 is 0 Å². The van der Waals surface area contributed by atoms with Gasteiger partial charge in [-0.05, 0) is 62.6 Å². The van der Waals surface area contributed by atoms with Gasteiger partial charge in [-0.25, -0.2) is 0 Å². The number of benzene rings is 2. The van der Waals surface area contributed by atoms with E-state index in [0.717, 1.165) is 29.7 Å². The molecule has 25 heavy (non-hydrogen) atoms. The molecule has 3 rings (SSSR count). The Labute approximate surface area is 148 Å². The minimum Gasteiger partial charge on any atom is -0.349 e. The van der Waals surface area contributed by atoms with Gasteiger partial charge in [0.15, 0.2) is 0 Å². The van der Waals surface area contributed by atoms with E-state index in [2.05, 4.69) is 10.6 Å². The zero-order valence-electron chi connectivity index (χ0n) is 14.8. The van der Waals surface area contributed by atoms with Gasteiger partial charge in [0, 0.05) is 22.9 Å². The smallest absolute Gasteiger partial charge is 0.255 e. The van der Waals surface area contributed by atoms with Gasteiger partial charge in [0.1, 0.15) is 0 Å². The number of carbonyl (C=O) groups excluding carboxylic acids is 2. The summed E-state index contributed by atoms with van der Waals surface area (Å²) >= 11 is 0. The van der Waals surface area contributed by atoms with Gasteiger partial charge in [-0.2, -0.15) is 0 Å². The van der Waals surface area contributed by atoms with Crippen LogP contribution in [0.1, 0.15) is 57.5 Å². The molecule has 2 aromatic rings. The van der Waals surface area contributed by atoms with Crippen LogP contribution >= 0.6 is 0 Å². The molecule has 130 valence electrons. The Balaban J connectivity index is 1.64. The Morgan fingerprint density at radius 3 is 2.08 bits per heavy atom. The number of rotatable bonds is 4. The molecule has 2 amide bonds. The van der Waals surface area contributed by atoms with Crippen molar-refractivity contribution in [3.8, 4) is 0 Å². The molecule has 1 aliphatic rings. The van der Waals surface area contributed by atoms with Crippen molar-refractivity contribution in [2.45, 2.75) is 45.6 Å². The van der Waals surface area contributed by atoms with Crippen molar-refractivity contribution < 1.29 is 9.59 Å². The van der Waals surface area contributed by atoms with Crippen LogP contribution in [0, 0.1) is 13.8 Å². The second-order valence-electron chi connectivity index (χ2n) is 6.80. The summed E-state index contributed by atoms with van der Waals surface area (Å²) < 4.78 is 0. The summed E-state index contributed by atoms with van der Waals surface area (Å²) in [5, 5.41) is 5.98. The summed E-state index contributed by atoms with van der Waals surface area (Å²) in [4.78, 5) is 24.6. The molecule has 0 aliphatic heterocycles. The predicted molar refractivity (Wildman–Crippen MR) is 100 cm³/mol. The first-order chi connectivity index (χ1) is 12.0. The van der Waals surface area contributed by atoms with E-state index in [1.807, 2.05) is 32.0 Å². The molecule has 4 nitrogen and oxygen atoms in total. The third-order valence-corrected chi connectivity index (χ3v) is 4.73. The molecule has 0 atom stereocenters. The SMILES string of the molecule is Cc1ccc(NC(=O)c2ccc(C(=O)NC3CCCC3)cc2)c(C)c1. The lowest BCUT2D eigenvalue weighted by molar-refractivity contribution is 0.0936. The van der Waals surface area contributed by atoms with Crippen LogP contribution in [0.25, 0.3) is 0 Å². The molecule has 4 heteroatoms. The minimum atomic E-state index is -0.172. The van der Waals surface area contributed by atoms with E-state index >= 15 is 0 Å². The average molecular weight is 336 g/mol. The average Bonchev–Trinajstić information content (AvgIpc) is 3.10. The number of amides is 2. The lowest BCUT2D eigenvalue weighted by Gasteiger charge is -2.12. The third-order valence-electron chi connectivity index (χ3n) is 4.73. The minimum absolute atomic E-state index is 0.0618. The summed E-state index contributed by atoms with van der Waals surface area (Å²) in [6.07, 6.45) is 4.48. The molecule has 0 bridgehead atoms. The van der Waals surface area contributed by atoms with E-state index in [1.54, 1.807) is 24.3 Å². The maximum Gasteiger partial charge on any atom is 0.255 e. The van der Waals surface area contributed by atoms with Crippen molar-refractivity contribution in [1.82, 2.24) is 5.32 Å². The van der Waals surface area contributed by atoms with Crippen LogP contribution in [-0.4, -0.2) is 17.9 Å². The Bertz CT molecular complexity index is 775. The van der Waals surface area contributed by atoms with Crippen molar-refractivity contribution in [1.29, 1.82) is 0 Å². The molecule has 0 spiro atoms. The van der Waals surface area contributed by atoms with Gasteiger partial charge in [0.25, 0.3) is 11.8 Å². The number of nitrogens with one attached hydrogen (secondary N) is 2. The van der Waals surface area contributed by atoms with Gasteiger partial charge in [-0.3, -0.25) is 9.59 Å². The summed E-state index contributed by atoms with van der Waals surface area (Å²) in [5.74, 6) is -0.233.